The number of aryl methyl sites for hydroxylation is 6. The Kier molecular flexibility index (Phi) is 10.8. The molecule has 318 valence electrons. The second-order valence-electron chi connectivity index (χ2n) is 16.5. The number of halogens is 1. The standard InChI is InChI=1S/C57H43FN8/c1-5-38-23-29-41(30-24-38)55-47(34-60)53(45-20-12-13-21-48(45)58)51-37(4)64-66(57(51)62-55)49-22-14-10-16-40(49)28-25-39-26-31-42(32-27-39)54-46(33-59)52(44-19-11-9-15-35(44)2)50-36(3)63-65(56(50)61-54)43-17-7-6-8-18-43/h6-24,26-27,29-32H,5,25,28H2,1-4H3. The van der Waals surface area contributed by atoms with Crippen LogP contribution in [-0.4, -0.2) is 29.5 Å². The summed E-state index contributed by atoms with van der Waals surface area (Å²) in [6.07, 6.45) is 2.26. The molecule has 9 heteroatoms. The van der Waals surface area contributed by atoms with Crippen molar-refractivity contribution in [2.75, 3.05) is 0 Å². The van der Waals surface area contributed by atoms with Crippen LogP contribution in [0.2, 0.25) is 0 Å². The third-order valence-electron chi connectivity index (χ3n) is 12.5. The minimum absolute atomic E-state index is 0.302. The molecular formula is C57H43FN8. The molecule has 0 aliphatic carbocycles. The Morgan fingerprint density at radius 1 is 0.530 bits per heavy atom. The molecule has 66 heavy (non-hydrogen) atoms. The third-order valence-corrected chi connectivity index (χ3v) is 12.5. The lowest BCUT2D eigenvalue weighted by molar-refractivity contribution is 0.631. The molecular weight excluding hydrogens is 816 g/mol. The molecule has 4 heterocycles. The number of nitriles is 2. The van der Waals surface area contributed by atoms with Crippen molar-refractivity contribution in [2.45, 2.75) is 47.0 Å². The van der Waals surface area contributed by atoms with Gasteiger partial charge in [0.1, 0.15) is 18.0 Å². The number of hydrogen-bond acceptors (Lipinski definition) is 6. The van der Waals surface area contributed by atoms with Gasteiger partial charge in [-0.1, -0.05) is 134 Å². The van der Waals surface area contributed by atoms with Crippen LogP contribution in [0.5, 0.6) is 0 Å². The number of hydrogen-bond donors (Lipinski definition) is 0. The van der Waals surface area contributed by atoms with Crippen molar-refractivity contribution >= 4 is 22.1 Å². The average Bonchev–Trinajstić information content (AvgIpc) is 3.88. The van der Waals surface area contributed by atoms with E-state index >= 15 is 4.39 Å². The molecule has 0 saturated heterocycles. The number of fused-ring (bicyclic) bond motifs is 2. The molecule has 0 aliphatic rings. The van der Waals surface area contributed by atoms with E-state index in [1.54, 1.807) is 18.2 Å². The van der Waals surface area contributed by atoms with E-state index in [-0.39, 0.29) is 0 Å². The van der Waals surface area contributed by atoms with Gasteiger partial charge in [-0.25, -0.2) is 23.7 Å². The molecule has 0 unspecified atom stereocenters. The molecule has 0 radical (unpaired) electrons. The summed E-state index contributed by atoms with van der Waals surface area (Å²) >= 11 is 0. The third kappa shape index (κ3) is 7.17. The van der Waals surface area contributed by atoms with Gasteiger partial charge in [0.2, 0.25) is 0 Å². The molecule has 10 rings (SSSR count). The quantitative estimate of drug-likeness (QED) is 0.135. The highest BCUT2D eigenvalue weighted by Gasteiger charge is 2.27. The van der Waals surface area contributed by atoms with Crippen molar-refractivity contribution in [3.63, 3.8) is 0 Å². The second-order valence-corrected chi connectivity index (χ2v) is 16.5. The van der Waals surface area contributed by atoms with Crippen molar-refractivity contribution in [3.05, 3.63) is 202 Å². The summed E-state index contributed by atoms with van der Waals surface area (Å²) in [5.41, 5.74) is 14.9. The fraction of sp³-hybridized carbons (Fsp3) is 0.123. The van der Waals surface area contributed by atoms with Gasteiger partial charge in [0, 0.05) is 27.8 Å². The smallest absolute Gasteiger partial charge is 0.164 e. The van der Waals surface area contributed by atoms with Gasteiger partial charge >= 0.3 is 0 Å². The van der Waals surface area contributed by atoms with E-state index in [4.69, 9.17) is 20.2 Å². The van der Waals surface area contributed by atoms with Crippen LogP contribution in [0.25, 0.3) is 78.2 Å². The lowest BCUT2D eigenvalue weighted by Gasteiger charge is -2.15. The fourth-order valence-electron chi connectivity index (χ4n) is 9.18. The molecule has 6 aromatic carbocycles. The van der Waals surface area contributed by atoms with Crippen LogP contribution in [0.1, 0.15) is 51.7 Å². The lowest BCUT2D eigenvalue weighted by atomic mass is 9.90. The zero-order valence-electron chi connectivity index (χ0n) is 37.0. The summed E-state index contributed by atoms with van der Waals surface area (Å²) in [5, 5.41) is 33.1. The molecule has 10 aromatic rings. The monoisotopic (exact) mass is 858 g/mol. The van der Waals surface area contributed by atoms with E-state index in [1.165, 1.54) is 6.07 Å². The molecule has 0 atom stereocenters. The zero-order chi connectivity index (χ0) is 45.5. The van der Waals surface area contributed by atoms with E-state index in [2.05, 4.69) is 56.3 Å². The van der Waals surface area contributed by atoms with Crippen LogP contribution >= 0.6 is 0 Å². The molecule has 0 aliphatic heterocycles. The first-order chi connectivity index (χ1) is 32.3. The normalized spacial score (nSPS) is 11.3. The summed E-state index contributed by atoms with van der Waals surface area (Å²) < 4.78 is 19.5. The SMILES string of the molecule is CCc1ccc(-c2nc3c(c(C)nn3-c3ccccc3CCc3ccc(-c4nc5c(c(C)nn5-c5ccccc5)c(-c5ccccc5C)c4C#N)cc3)c(-c3ccccc3F)c2C#N)cc1. The molecule has 8 nitrogen and oxygen atoms in total. The maximum absolute atomic E-state index is 15.8. The van der Waals surface area contributed by atoms with Gasteiger partial charge in [0.15, 0.2) is 11.3 Å². The molecule has 0 N–H and O–H groups in total. The Bertz CT molecular complexity index is 3570. The number of pyridine rings is 2. The summed E-state index contributed by atoms with van der Waals surface area (Å²) in [6, 6.07) is 54.1. The van der Waals surface area contributed by atoms with Crippen molar-refractivity contribution < 1.29 is 4.39 Å². The highest BCUT2D eigenvalue weighted by Crippen LogP contribution is 2.42. The van der Waals surface area contributed by atoms with Crippen molar-refractivity contribution in [1.29, 1.82) is 10.5 Å². The van der Waals surface area contributed by atoms with Crippen molar-refractivity contribution in [3.8, 4) is 68.3 Å². The maximum atomic E-state index is 15.8. The predicted octanol–water partition coefficient (Wildman–Crippen LogP) is 13.0. The number of para-hydroxylation sites is 2. The van der Waals surface area contributed by atoms with E-state index < -0.39 is 5.82 Å². The topological polar surface area (TPSA) is 109 Å². The maximum Gasteiger partial charge on any atom is 0.164 e. The highest BCUT2D eigenvalue weighted by atomic mass is 19.1. The molecule has 4 aromatic heterocycles. The largest absolute Gasteiger partial charge is 0.226 e. The summed E-state index contributed by atoms with van der Waals surface area (Å²) in [7, 11) is 0. The van der Waals surface area contributed by atoms with Crippen LogP contribution in [-0.2, 0) is 19.3 Å². The Hall–Kier alpha value is -8.53. The van der Waals surface area contributed by atoms with Crippen LogP contribution in [0, 0.1) is 49.3 Å². The van der Waals surface area contributed by atoms with Gasteiger partial charge in [-0.15, -0.1) is 0 Å². The molecule has 0 bridgehead atoms. The zero-order valence-corrected chi connectivity index (χ0v) is 37.0. The van der Waals surface area contributed by atoms with Gasteiger partial charge in [-0.05, 0) is 92.1 Å². The summed E-state index contributed by atoms with van der Waals surface area (Å²) in [5.74, 6) is -0.423. The summed E-state index contributed by atoms with van der Waals surface area (Å²) in [4.78, 5) is 10.4. The van der Waals surface area contributed by atoms with Crippen molar-refractivity contribution in [1.82, 2.24) is 29.5 Å². The van der Waals surface area contributed by atoms with Gasteiger partial charge in [-0.3, -0.25) is 0 Å². The van der Waals surface area contributed by atoms with Crippen molar-refractivity contribution in [2.24, 2.45) is 0 Å². The van der Waals surface area contributed by atoms with Gasteiger partial charge in [0.25, 0.3) is 0 Å². The first-order valence-corrected chi connectivity index (χ1v) is 22.1. The minimum Gasteiger partial charge on any atom is -0.226 e. The van der Waals surface area contributed by atoms with Crippen LogP contribution in [0.15, 0.2) is 152 Å². The van der Waals surface area contributed by atoms with E-state index in [1.807, 2.05) is 120 Å². The molecule has 0 saturated carbocycles. The molecule has 0 spiro atoms. The minimum atomic E-state index is -0.423. The lowest BCUT2D eigenvalue weighted by Crippen LogP contribution is -2.05. The Morgan fingerprint density at radius 3 is 1.65 bits per heavy atom. The molecule has 0 fully saturated rings. The Labute approximate surface area is 382 Å². The predicted molar refractivity (Wildman–Crippen MR) is 260 cm³/mol. The number of aromatic nitrogens is 6. The first kappa shape index (κ1) is 41.5. The van der Waals surface area contributed by atoms with Gasteiger partial charge in [0.05, 0.1) is 56.0 Å². The van der Waals surface area contributed by atoms with E-state index in [9.17, 15) is 10.5 Å². The van der Waals surface area contributed by atoms with E-state index in [0.717, 1.165) is 73.4 Å². The van der Waals surface area contributed by atoms with Crippen LogP contribution in [0.4, 0.5) is 4.39 Å². The number of nitrogens with zero attached hydrogens (tertiary/aromatic N) is 8. The van der Waals surface area contributed by atoms with Crippen LogP contribution < -0.4 is 0 Å². The number of rotatable bonds is 10. The Morgan fingerprint density at radius 2 is 1.05 bits per heavy atom. The molecule has 0 amide bonds. The average molecular weight is 859 g/mol. The van der Waals surface area contributed by atoms with Gasteiger partial charge < -0.3 is 0 Å². The first-order valence-electron chi connectivity index (χ1n) is 22.1. The number of benzene rings is 6. The summed E-state index contributed by atoms with van der Waals surface area (Å²) in [6.45, 7) is 8.02. The van der Waals surface area contributed by atoms with Gasteiger partial charge in [-0.2, -0.15) is 20.7 Å². The van der Waals surface area contributed by atoms with Crippen LogP contribution in [0.3, 0.4) is 0 Å². The fourth-order valence-corrected chi connectivity index (χ4v) is 9.18. The highest BCUT2D eigenvalue weighted by molar-refractivity contribution is 6.03. The van der Waals surface area contributed by atoms with E-state index in [0.29, 0.717) is 68.9 Å². The Balaban J connectivity index is 1.04. The second kappa shape index (κ2) is 17.2.